The van der Waals surface area contributed by atoms with Crippen molar-refractivity contribution in [2.75, 3.05) is 5.32 Å². The first kappa shape index (κ1) is 14.3. The lowest BCUT2D eigenvalue weighted by Crippen LogP contribution is -2.35. The Morgan fingerprint density at radius 1 is 1.21 bits per heavy atom. The topological polar surface area (TPSA) is 37.8 Å². The Morgan fingerprint density at radius 2 is 1.95 bits per heavy atom. The van der Waals surface area contributed by atoms with Crippen LogP contribution in [0.4, 0.5) is 5.95 Å². The summed E-state index contributed by atoms with van der Waals surface area (Å²) in [7, 11) is 0. The standard InChI is InChI=1S/C16H27N3/c1-10(2)15-9-12(4)17-16(19-15)18-14-8-6-7-11(3)13(14)5/h9-11,13-14H,6-8H2,1-5H3,(H,17,18,19). The van der Waals surface area contributed by atoms with Crippen molar-refractivity contribution in [1.82, 2.24) is 9.97 Å². The third-order valence-electron chi connectivity index (χ3n) is 4.49. The van der Waals surface area contributed by atoms with E-state index >= 15 is 0 Å². The van der Waals surface area contributed by atoms with Crippen molar-refractivity contribution in [3.63, 3.8) is 0 Å². The molecule has 0 spiro atoms. The Kier molecular flexibility index (Phi) is 4.43. The van der Waals surface area contributed by atoms with Gasteiger partial charge < -0.3 is 5.32 Å². The van der Waals surface area contributed by atoms with E-state index in [1.165, 1.54) is 19.3 Å². The maximum atomic E-state index is 4.66. The number of rotatable bonds is 3. The normalized spacial score (nSPS) is 27.6. The van der Waals surface area contributed by atoms with Crippen LogP contribution < -0.4 is 5.32 Å². The number of hydrogen-bond acceptors (Lipinski definition) is 3. The first-order valence-electron chi connectivity index (χ1n) is 7.59. The van der Waals surface area contributed by atoms with Crippen molar-refractivity contribution in [3.8, 4) is 0 Å². The van der Waals surface area contributed by atoms with Crippen LogP contribution in [0, 0.1) is 18.8 Å². The molecule has 1 saturated carbocycles. The number of anilines is 1. The Balaban J connectivity index is 2.14. The lowest BCUT2D eigenvalue weighted by atomic mass is 9.78. The van der Waals surface area contributed by atoms with E-state index in [-0.39, 0.29) is 0 Å². The van der Waals surface area contributed by atoms with Gasteiger partial charge in [-0.1, -0.05) is 40.5 Å². The van der Waals surface area contributed by atoms with Crippen LogP contribution in [0.3, 0.4) is 0 Å². The predicted molar refractivity (Wildman–Crippen MR) is 80.4 cm³/mol. The Bertz CT molecular complexity index is 428. The predicted octanol–water partition coefficient (Wildman–Crippen LogP) is 4.15. The van der Waals surface area contributed by atoms with Crippen LogP contribution in [0.15, 0.2) is 6.07 Å². The van der Waals surface area contributed by atoms with Crippen molar-refractivity contribution in [3.05, 3.63) is 17.5 Å². The van der Waals surface area contributed by atoms with Crippen LogP contribution in [0.5, 0.6) is 0 Å². The van der Waals surface area contributed by atoms with Gasteiger partial charge in [-0.3, -0.25) is 0 Å². The van der Waals surface area contributed by atoms with Crippen molar-refractivity contribution >= 4 is 5.95 Å². The third kappa shape index (κ3) is 3.46. The lowest BCUT2D eigenvalue weighted by molar-refractivity contribution is 0.252. The Labute approximate surface area is 117 Å². The molecule has 3 unspecified atom stereocenters. The van der Waals surface area contributed by atoms with Crippen LogP contribution in [0.25, 0.3) is 0 Å². The van der Waals surface area contributed by atoms with Crippen LogP contribution in [0.2, 0.25) is 0 Å². The second-order valence-electron chi connectivity index (χ2n) is 6.43. The van der Waals surface area contributed by atoms with Crippen molar-refractivity contribution < 1.29 is 0 Å². The molecule has 0 bridgehead atoms. The average Bonchev–Trinajstić information content (AvgIpc) is 2.34. The maximum Gasteiger partial charge on any atom is 0.223 e. The van der Waals surface area contributed by atoms with Gasteiger partial charge in [0.1, 0.15) is 0 Å². The zero-order valence-electron chi connectivity index (χ0n) is 12.9. The van der Waals surface area contributed by atoms with Gasteiger partial charge in [0.15, 0.2) is 0 Å². The van der Waals surface area contributed by atoms with E-state index in [2.05, 4.69) is 49.0 Å². The van der Waals surface area contributed by atoms with E-state index in [1.807, 2.05) is 6.92 Å². The summed E-state index contributed by atoms with van der Waals surface area (Å²) in [6.07, 6.45) is 3.90. The smallest absolute Gasteiger partial charge is 0.223 e. The van der Waals surface area contributed by atoms with E-state index in [0.29, 0.717) is 17.9 Å². The Hall–Kier alpha value is -1.12. The van der Waals surface area contributed by atoms with E-state index in [0.717, 1.165) is 23.3 Å². The monoisotopic (exact) mass is 261 g/mol. The van der Waals surface area contributed by atoms with E-state index in [1.54, 1.807) is 0 Å². The summed E-state index contributed by atoms with van der Waals surface area (Å²) < 4.78 is 0. The highest BCUT2D eigenvalue weighted by molar-refractivity contribution is 5.30. The molecule has 0 amide bonds. The zero-order chi connectivity index (χ0) is 14.0. The molecule has 1 heterocycles. The van der Waals surface area contributed by atoms with Crippen LogP contribution >= 0.6 is 0 Å². The highest BCUT2D eigenvalue weighted by Crippen LogP contribution is 2.31. The molecule has 0 radical (unpaired) electrons. The molecule has 106 valence electrons. The summed E-state index contributed by atoms with van der Waals surface area (Å²) in [5.41, 5.74) is 2.18. The molecule has 1 aliphatic rings. The van der Waals surface area contributed by atoms with Gasteiger partial charge in [0, 0.05) is 17.4 Å². The van der Waals surface area contributed by atoms with Crippen molar-refractivity contribution in [2.24, 2.45) is 11.8 Å². The average molecular weight is 261 g/mol. The first-order chi connectivity index (χ1) is 8.97. The van der Waals surface area contributed by atoms with Crippen LogP contribution in [-0.2, 0) is 0 Å². The molecule has 1 aromatic rings. The molecule has 3 heteroatoms. The van der Waals surface area contributed by atoms with E-state index < -0.39 is 0 Å². The molecule has 3 nitrogen and oxygen atoms in total. The van der Waals surface area contributed by atoms with Gasteiger partial charge in [-0.2, -0.15) is 0 Å². The second kappa shape index (κ2) is 5.89. The molecule has 1 fully saturated rings. The lowest BCUT2D eigenvalue weighted by Gasteiger charge is -2.34. The number of nitrogens with zero attached hydrogens (tertiary/aromatic N) is 2. The molecule has 1 N–H and O–H groups in total. The molecule has 1 aromatic heterocycles. The highest BCUT2D eigenvalue weighted by Gasteiger charge is 2.27. The molecule has 2 rings (SSSR count). The van der Waals surface area contributed by atoms with Gasteiger partial charge in [-0.25, -0.2) is 9.97 Å². The van der Waals surface area contributed by atoms with Crippen LogP contribution in [-0.4, -0.2) is 16.0 Å². The summed E-state index contributed by atoms with van der Waals surface area (Å²) in [6.45, 7) is 11.1. The molecule has 0 aromatic carbocycles. The minimum Gasteiger partial charge on any atom is -0.351 e. The summed E-state index contributed by atoms with van der Waals surface area (Å²) in [6, 6.07) is 2.61. The Morgan fingerprint density at radius 3 is 2.63 bits per heavy atom. The molecule has 0 aliphatic heterocycles. The number of aryl methyl sites for hydroxylation is 1. The first-order valence-corrected chi connectivity index (χ1v) is 7.59. The fraction of sp³-hybridized carbons (Fsp3) is 0.750. The van der Waals surface area contributed by atoms with Gasteiger partial charge in [0.2, 0.25) is 5.95 Å². The number of nitrogens with one attached hydrogen (secondary N) is 1. The second-order valence-corrected chi connectivity index (χ2v) is 6.43. The van der Waals surface area contributed by atoms with Gasteiger partial charge >= 0.3 is 0 Å². The van der Waals surface area contributed by atoms with Gasteiger partial charge in [0.05, 0.1) is 0 Å². The summed E-state index contributed by atoms with van der Waals surface area (Å²) in [4.78, 5) is 9.21. The molecular weight excluding hydrogens is 234 g/mol. The number of hydrogen-bond donors (Lipinski definition) is 1. The number of aromatic nitrogens is 2. The molecule has 1 aliphatic carbocycles. The van der Waals surface area contributed by atoms with Crippen molar-refractivity contribution in [2.45, 2.75) is 65.8 Å². The maximum absolute atomic E-state index is 4.66. The zero-order valence-corrected chi connectivity index (χ0v) is 12.9. The third-order valence-corrected chi connectivity index (χ3v) is 4.49. The van der Waals surface area contributed by atoms with Gasteiger partial charge in [0.25, 0.3) is 0 Å². The van der Waals surface area contributed by atoms with E-state index in [4.69, 9.17) is 0 Å². The highest BCUT2D eigenvalue weighted by atomic mass is 15.1. The molecule has 3 atom stereocenters. The van der Waals surface area contributed by atoms with Gasteiger partial charge in [-0.05, 0) is 37.2 Å². The van der Waals surface area contributed by atoms with Crippen molar-refractivity contribution in [1.29, 1.82) is 0 Å². The minimum absolute atomic E-state index is 0.449. The fourth-order valence-corrected chi connectivity index (χ4v) is 2.90. The SMILES string of the molecule is Cc1cc(C(C)C)nc(NC2CCCC(C)C2C)n1. The summed E-state index contributed by atoms with van der Waals surface area (Å²) in [5.74, 6) is 2.75. The summed E-state index contributed by atoms with van der Waals surface area (Å²) in [5, 5.41) is 3.57. The quantitative estimate of drug-likeness (QED) is 0.888. The molecule has 19 heavy (non-hydrogen) atoms. The largest absolute Gasteiger partial charge is 0.351 e. The fourth-order valence-electron chi connectivity index (χ4n) is 2.90. The molecular formula is C16H27N3. The summed E-state index contributed by atoms with van der Waals surface area (Å²) >= 11 is 0. The van der Waals surface area contributed by atoms with E-state index in [9.17, 15) is 0 Å². The van der Waals surface area contributed by atoms with Crippen LogP contribution in [0.1, 0.15) is 64.3 Å². The molecule has 0 saturated heterocycles. The minimum atomic E-state index is 0.449. The van der Waals surface area contributed by atoms with Gasteiger partial charge in [-0.15, -0.1) is 0 Å².